The van der Waals surface area contributed by atoms with E-state index in [1.807, 2.05) is 26.0 Å². The van der Waals surface area contributed by atoms with Crippen LogP contribution in [0.4, 0.5) is 5.69 Å². The summed E-state index contributed by atoms with van der Waals surface area (Å²) in [5.74, 6) is 0.199. The first-order chi connectivity index (χ1) is 14.7. The highest BCUT2D eigenvalue weighted by Gasteiger charge is 2.71. The van der Waals surface area contributed by atoms with Gasteiger partial charge in [-0.05, 0) is 38.1 Å². The van der Waals surface area contributed by atoms with E-state index in [4.69, 9.17) is 48.1 Å². The molecule has 0 bridgehead atoms. The minimum Gasteiger partial charge on any atom is -0.487 e. The molecule has 3 N–H and O–H groups in total. The number of hydrogen-bond acceptors (Lipinski definition) is 7. The van der Waals surface area contributed by atoms with E-state index in [2.05, 4.69) is 10.3 Å². The molecular weight excluding hydrogens is 443 g/mol. The maximum atomic E-state index is 12.8. The second-order valence-electron chi connectivity index (χ2n) is 8.44. The summed E-state index contributed by atoms with van der Waals surface area (Å²) in [5.41, 5.74) is 5.53. The molecule has 1 saturated heterocycles. The Morgan fingerprint density at radius 1 is 1.19 bits per heavy atom. The van der Waals surface area contributed by atoms with Gasteiger partial charge in [0.25, 0.3) is 11.9 Å². The summed E-state index contributed by atoms with van der Waals surface area (Å²) >= 11 is 12.0. The topological polar surface area (TPSA) is 108 Å². The third-order valence-electron chi connectivity index (χ3n) is 6.44. The van der Waals surface area contributed by atoms with Gasteiger partial charge in [-0.15, -0.1) is 0 Å². The van der Waals surface area contributed by atoms with E-state index in [1.54, 1.807) is 6.07 Å². The number of rotatable bonds is 2. The van der Waals surface area contributed by atoms with Gasteiger partial charge in [0.2, 0.25) is 0 Å². The van der Waals surface area contributed by atoms with E-state index in [1.165, 1.54) is 12.3 Å². The number of halogens is 2. The lowest BCUT2D eigenvalue weighted by Gasteiger charge is -2.61. The van der Waals surface area contributed by atoms with Crippen LogP contribution in [0.3, 0.4) is 0 Å². The van der Waals surface area contributed by atoms with Gasteiger partial charge in [-0.25, -0.2) is 9.98 Å². The number of anilines is 1. The van der Waals surface area contributed by atoms with Gasteiger partial charge in [-0.2, -0.15) is 0 Å². The molecule has 0 radical (unpaired) electrons. The average molecular weight is 463 g/mol. The van der Waals surface area contributed by atoms with Crippen molar-refractivity contribution in [2.45, 2.75) is 25.0 Å². The molecule has 5 rings (SSSR count). The number of nitrogens with two attached hydrogens (primary N) is 1. The van der Waals surface area contributed by atoms with Crippen LogP contribution in [0.25, 0.3) is 0 Å². The fraction of sp³-hybridized carbons (Fsp3) is 0.381. The third-order valence-corrected chi connectivity index (χ3v) is 6.94. The van der Waals surface area contributed by atoms with Crippen LogP contribution >= 0.6 is 23.2 Å². The van der Waals surface area contributed by atoms with E-state index >= 15 is 0 Å². The number of fused-ring (bicyclic) bond motifs is 3. The van der Waals surface area contributed by atoms with Crippen molar-refractivity contribution in [2.75, 3.05) is 25.1 Å². The Morgan fingerprint density at radius 2 is 1.97 bits per heavy atom. The average Bonchev–Trinajstić information content (AvgIpc) is 3.03. The molecule has 1 unspecified atom stereocenters. The van der Waals surface area contributed by atoms with Gasteiger partial charge in [0.15, 0.2) is 0 Å². The Bertz CT molecular complexity index is 1130. The maximum Gasteiger partial charge on any atom is 0.283 e. The molecule has 1 atom stereocenters. The van der Waals surface area contributed by atoms with Crippen molar-refractivity contribution in [3.8, 4) is 5.75 Å². The number of carbonyl (C=O) groups is 1. The number of amides is 1. The summed E-state index contributed by atoms with van der Waals surface area (Å²) in [6.07, 6.45) is 1.37. The molecule has 0 saturated carbocycles. The summed E-state index contributed by atoms with van der Waals surface area (Å²) in [7, 11) is 0. The quantitative estimate of drug-likeness (QED) is 0.707. The number of aliphatic imine (C=N–C) groups is 1. The Balaban J connectivity index is 1.56. The van der Waals surface area contributed by atoms with Crippen molar-refractivity contribution in [2.24, 2.45) is 16.1 Å². The smallest absolute Gasteiger partial charge is 0.283 e. The van der Waals surface area contributed by atoms with Crippen molar-refractivity contribution in [1.82, 2.24) is 4.98 Å². The molecule has 1 aromatic heterocycles. The summed E-state index contributed by atoms with van der Waals surface area (Å²) in [4.78, 5) is 21.5. The Hall–Kier alpha value is -2.55. The SMILES string of the molecule is CC1(C)Oc2ccc(NC(=O)c3ncc(Cl)cc3Cl)cc2C2(COC(N)=N2)C12COC2. The number of nitrogens with one attached hydrogen (secondary N) is 1. The van der Waals surface area contributed by atoms with Gasteiger partial charge in [0, 0.05) is 17.4 Å². The zero-order chi connectivity index (χ0) is 22.0. The number of hydrogen-bond donors (Lipinski definition) is 2. The molecule has 3 aliphatic rings. The molecule has 162 valence electrons. The van der Waals surface area contributed by atoms with Crippen molar-refractivity contribution < 1.29 is 19.0 Å². The molecule has 10 heteroatoms. The van der Waals surface area contributed by atoms with E-state index in [0.717, 1.165) is 5.56 Å². The molecule has 1 fully saturated rings. The minimum atomic E-state index is -0.788. The van der Waals surface area contributed by atoms with Gasteiger partial charge >= 0.3 is 0 Å². The lowest BCUT2D eigenvalue weighted by atomic mass is 9.55. The first-order valence-corrected chi connectivity index (χ1v) is 10.4. The zero-order valence-electron chi connectivity index (χ0n) is 16.9. The molecule has 31 heavy (non-hydrogen) atoms. The number of pyridine rings is 1. The van der Waals surface area contributed by atoms with Crippen molar-refractivity contribution in [3.05, 3.63) is 51.8 Å². The van der Waals surface area contributed by atoms with E-state index in [-0.39, 0.29) is 23.3 Å². The van der Waals surface area contributed by atoms with Crippen molar-refractivity contribution >= 4 is 40.8 Å². The lowest BCUT2D eigenvalue weighted by Crippen LogP contribution is -2.71. The first kappa shape index (κ1) is 20.4. The fourth-order valence-corrected chi connectivity index (χ4v) is 5.09. The predicted molar refractivity (Wildman–Crippen MR) is 116 cm³/mol. The molecular formula is C21H20Cl2N4O4. The molecule has 0 aliphatic carbocycles. The summed E-state index contributed by atoms with van der Waals surface area (Å²) < 4.78 is 17.6. The van der Waals surface area contributed by atoms with Crippen LogP contribution in [-0.2, 0) is 15.0 Å². The monoisotopic (exact) mass is 462 g/mol. The number of benzene rings is 1. The Labute approximate surface area is 188 Å². The minimum absolute atomic E-state index is 0.0752. The van der Waals surface area contributed by atoms with Gasteiger partial charge in [-0.3, -0.25) is 4.79 Å². The highest BCUT2D eigenvalue weighted by molar-refractivity contribution is 6.36. The molecule has 1 aromatic carbocycles. The van der Waals surface area contributed by atoms with Crippen molar-refractivity contribution in [3.63, 3.8) is 0 Å². The summed E-state index contributed by atoms with van der Waals surface area (Å²) in [6.45, 7) is 5.23. The number of aromatic nitrogens is 1. The summed E-state index contributed by atoms with van der Waals surface area (Å²) in [5, 5.41) is 3.35. The second kappa shape index (κ2) is 6.72. The molecule has 8 nitrogen and oxygen atoms in total. The molecule has 4 heterocycles. The standard InChI is InChI=1S/C21H20Cl2N4O4/c1-19(2)20(8-29-9-20)21(10-30-18(24)27-21)13-6-12(3-4-15(13)31-19)26-17(28)16-14(23)5-11(22)7-25-16/h3-7H,8-10H2,1-2H3,(H2,24,27)(H,26,28). The van der Waals surface area contributed by atoms with Crippen molar-refractivity contribution in [1.29, 1.82) is 0 Å². The molecule has 2 aromatic rings. The van der Waals surface area contributed by atoms with Gasteiger partial charge in [0.1, 0.15) is 29.2 Å². The maximum absolute atomic E-state index is 12.8. The van der Waals surface area contributed by atoms with Gasteiger partial charge in [-0.1, -0.05) is 23.2 Å². The van der Waals surface area contributed by atoms with Gasteiger partial charge in [0.05, 0.1) is 28.7 Å². The van der Waals surface area contributed by atoms with Crippen LogP contribution in [0, 0.1) is 5.41 Å². The van der Waals surface area contributed by atoms with E-state index in [0.29, 0.717) is 29.7 Å². The lowest BCUT2D eigenvalue weighted by molar-refractivity contribution is -0.247. The van der Waals surface area contributed by atoms with Crippen LogP contribution in [0.1, 0.15) is 29.9 Å². The predicted octanol–water partition coefficient (Wildman–Crippen LogP) is 3.37. The third kappa shape index (κ3) is 2.82. The number of amidine groups is 1. The van der Waals surface area contributed by atoms with E-state index < -0.39 is 22.5 Å². The molecule has 2 spiro atoms. The van der Waals surface area contributed by atoms with Crippen LogP contribution in [0.5, 0.6) is 5.75 Å². The highest BCUT2D eigenvalue weighted by atomic mass is 35.5. The van der Waals surface area contributed by atoms with Crippen LogP contribution in [0.15, 0.2) is 35.5 Å². The Morgan fingerprint density at radius 3 is 2.58 bits per heavy atom. The second-order valence-corrected chi connectivity index (χ2v) is 9.28. The number of carbonyl (C=O) groups excluding carboxylic acids is 1. The first-order valence-electron chi connectivity index (χ1n) is 9.69. The van der Waals surface area contributed by atoms with Gasteiger partial charge < -0.3 is 25.3 Å². The Kier molecular flexibility index (Phi) is 4.41. The van der Waals surface area contributed by atoms with Crippen LogP contribution < -0.4 is 15.8 Å². The van der Waals surface area contributed by atoms with Crippen LogP contribution in [-0.4, -0.2) is 42.3 Å². The fourth-order valence-electron chi connectivity index (χ4n) is 4.63. The number of ether oxygens (including phenoxy) is 3. The molecule has 3 aliphatic heterocycles. The molecule has 1 amide bonds. The summed E-state index contributed by atoms with van der Waals surface area (Å²) in [6, 6.07) is 6.99. The van der Waals surface area contributed by atoms with E-state index in [9.17, 15) is 4.79 Å². The van der Waals surface area contributed by atoms with Crippen LogP contribution in [0.2, 0.25) is 10.0 Å². The largest absolute Gasteiger partial charge is 0.487 e. The number of nitrogens with zero attached hydrogens (tertiary/aromatic N) is 2. The highest BCUT2D eigenvalue weighted by Crippen LogP contribution is 2.62. The normalized spacial score (nSPS) is 24.6. The zero-order valence-corrected chi connectivity index (χ0v) is 18.4.